The van der Waals surface area contributed by atoms with Crippen LogP contribution in [0.3, 0.4) is 0 Å². The van der Waals surface area contributed by atoms with Gasteiger partial charge in [0.15, 0.2) is 0 Å². The molecule has 0 bridgehead atoms. The lowest BCUT2D eigenvalue weighted by molar-refractivity contribution is -0.147. The molecule has 1 heterocycles. The fourth-order valence-corrected chi connectivity index (χ4v) is 2.39. The Kier molecular flexibility index (Phi) is 3.60. The SMILES string of the molecule is CCOC(=O)CC1(C)CCc2cccc(C)c2O1. The van der Waals surface area contributed by atoms with E-state index in [-0.39, 0.29) is 5.97 Å². The van der Waals surface area contributed by atoms with Crippen molar-refractivity contribution in [1.82, 2.24) is 0 Å². The number of carbonyl (C=O) groups is 1. The summed E-state index contributed by atoms with van der Waals surface area (Å²) in [6.07, 6.45) is 2.11. The van der Waals surface area contributed by atoms with E-state index in [0.29, 0.717) is 13.0 Å². The lowest BCUT2D eigenvalue weighted by Crippen LogP contribution is -2.39. The molecule has 1 aromatic rings. The number of rotatable bonds is 3. The van der Waals surface area contributed by atoms with Crippen molar-refractivity contribution in [3.05, 3.63) is 29.3 Å². The fraction of sp³-hybridized carbons (Fsp3) is 0.533. The van der Waals surface area contributed by atoms with Gasteiger partial charge in [-0.2, -0.15) is 0 Å². The van der Waals surface area contributed by atoms with E-state index in [1.165, 1.54) is 5.56 Å². The molecule has 98 valence electrons. The molecular weight excluding hydrogens is 228 g/mol. The van der Waals surface area contributed by atoms with Crippen molar-refractivity contribution in [3.63, 3.8) is 0 Å². The zero-order valence-electron chi connectivity index (χ0n) is 11.3. The Bertz CT molecular complexity index is 453. The molecule has 0 fully saturated rings. The summed E-state index contributed by atoms with van der Waals surface area (Å²) in [7, 11) is 0. The standard InChI is InChI=1S/C15H20O3/c1-4-17-13(16)10-15(3)9-8-12-7-5-6-11(2)14(12)18-15/h5-7H,4,8-10H2,1-3H3. The van der Waals surface area contributed by atoms with E-state index in [9.17, 15) is 4.79 Å². The number of aryl methyl sites for hydroxylation is 2. The number of esters is 1. The number of ether oxygens (including phenoxy) is 2. The van der Waals surface area contributed by atoms with Gasteiger partial charge in [-0.1, -0.05) is 18.2 Å². The number of fused-ring (bicyclic) bond motifs is 1. The molecule has 0 aromatic heterocycles. The van der Waals surface area contributed by atoms with Crippen LogP contribution in [0.5, 0.6) is 5.75 Å². The fourth-order valence-electron chi connectivity index (χ4n) is 2.39. The Morgan fingerprint density at radius 2 is 2.28 bits per heavy atom. The van der Waals surface area contributed by atoms with Crippen LogP contribution in [0, 0.1) is 6.92 Å². The molecule has 3 heteroatoms. The van der Waals surface area contributed by atoms with Gasteiger partial charge < -0.3 is 9.47 Å². The Morgan fingerprint density at radius 1 is 1.50 bits per heavy atom. The first-order valence-electron chi connectivity index (χ1n) is 6.47. The molecule has 1 unspecified atom stereocenters. The smallest absolute Gasteiger partial charge is 0.309 e. The summed E-state index contributed by atoms with van der Waals surface area (Å²) < 4.78 is 11.1. The second-order valence-electron chi connectivity index (χ2n) is 5.10. The summed E-state index contributed by atoms with van der Waals surface area (Å²) in [5.41, 5.74) is 1.92. The molecule has 0 N–H and O–H groups in total. The monoisotopic (exact) mass is 248 g/mol. The van der Waals surface area contributed by atoms with Crippen LogP contribution < -0.4 is 4.74 Å². The molecule has 1 aromatic carbocycles. The summed E-state index contributed by atoms with van der Waals surface area (Å²) in [6, 6.07) is 6.17. The van der Waals surface area contributed by atoms with Gasteiger partial charge in [0.25, 0.3) is 0 Å². The van der Waals surface area contributed by atoms with Crippen molar-refractivity contribution in [2.45, 2.75) is 45.6 Å². The first-order chi connectivity index (χ1) is 8.54. The minimum Gasteiger partial charge on any atom is -0.486 e. The maximum absolute atomic E-state index is 11.6. The maximum atomic E-state index is 11.6. The van der Waals surface area contributed by atoms with Crippen LogP contribution in [0.15, 0.2) is 18.2 Å². The Labute approximate surface area is 108 Å². The average molecular weight is 248 g/mol. The number of carbonyl (C=O) groups excluding carboxylic acids is 1. The normalized spacial score (nSPS) is 21.9. The second kappa shape index (κ2) is 5.01. The van der Waals surface area contributed by atoms with E-state index in [2.05, 4.69) is 6.07 Å². The molecule has 2 rings (SSSR count). The molecule has 0 saturated heterocycles. The van der Waals surface area contributed by atoms with Crippen molar-refractivity contribution < 1.29 is 14.3 Å². The van der Waals surface area contributed by atoms with Crippen LogP contribution in [0.25, 0.3) is 0 Å². The number of hydrogen-bond acceptors (Lipinski definition) is 3. The quantitative estimate of drug-likeness (QED) is 0.771. The third kappa shape index (κ3) is 2.66. The van der Waals surface area contributed by atoms with Crippen LogP contribution in [0.4, 0.5) is 0 Å². The van der Waals surface area contributed by atoms with Gasteiger partial charge in [0.1, 0.15) is 11.4 Å². The molecule has 0 saturated carbocycles. The highest BCUT2D eigenvalue weighted by atomic mass is 16.5. The number of para-hydroxylation sites is 1. The van der Waals surface area contributed by atoms with E-state index in [4.69, 9.17) is 9.47 Å². The van der Waals surface area contributed by atoms with E-state index in [0.717, 1.165) is 24.2 Å². The van der Waals surface area contributed by atoms with Crippen LogP contribution >= 0.6 is 0 Å². The summed E-state index contributed by atoms with van der Waals surface area (Å²) in [5.74, 6) is 0.757. The zero-order chi connectivity index (χ0) is 13.2. The van der Waals surface area contributed by atoms with Gasteiger partial charge in [-0.15, -0.1) is 0 Å². The van der Waals surface area contributed by atoms with E-state index >= 15 is 0 Å². The molecule has 1 aliphatic rings. The maximum Gasteiger partial charge on any atom is 0.309 e. The first kappa shape index (κ1) is 12.9. The van der Waals surface area contributed by atoms with E-state index < -0.39 is 5.60 Å². The van der Waals surface area contributed by atoms with Gasteiger partial charge >= 0.3 is 5.97 Å². The largest absolute Gasteiger partial charge is 0.486 e. The lowest BCUT2D eigenvalue weighted by atomic mass is 9.89. The Balaban J connectivity index is 2.15. The zero-order valence-corrected chi connectivity index (χ0v) is 11.3. The highest BCUT2D eigenvalue weighted by Gasteiger charge is 2.34. The number of hydrogen-bond donors (Lipinski definition) is 0. The van der Waals surface area contributed by atoms with Gasteiger partial charge in [-0.05, 0) is 44.7 Å². The van der Waals surface area contributed by atoms with Crippen molar-refractivity contribution in [2.75, 3.05) is 6.61 Å². The average Bonchev–Trinajstić information content (AvgIpc) is 2.30. The molecule has 0 amide bonds. The topological polar surface area (TPSA) is 35.5 Å². The lowest BCUT2D eigenvalue weighted by Gasteiger charge is -2.35. The van der Waals surface area contributed by atoms with E-state index in [1.807, 2.05) is 32.9 Å². The minimum atomic E-state index is -0.439. The predicted octanol–water partition coefficient (Wildman–Crippen LogP) is 3.03. The van der Waals surface area contributed by atoms with E-state index in [1.54, 1.807) is 0 Å². The van der Waals surface area contributed by atoms with Crippen molar-refractivity contribution in [2.24, 2.45) is 0 Å². The van der Waals surface area contributed by atoms with Gasteiger partial charge in [-0.3, -0.25) is 4.79 Å². The van der Waals surface area contributed by atoms with Crippen molar-refractivity contribution >= 4 is 5.97 Å². The molecular formula is C15H20O3. The molecule has 1 atom stereocenters. The third-order valence-corrected chi connectivity index (χ3v) is 3.39. The highest BCUT2D eigenvalue weighted by Crippen LogP contribution is 2.37. The van der Waals surface area contributed by atoms with Crippen LogP contribution in [-0.4, -0.2) is 18.2 Å². The van der Waals surface area contributed by atoms with Crippen LogP contribution in [-0.2, 0) is 16.0 Å². The number of benzene rings is 1. The van der Waals surface area contributed by atoms with Gasteiger partial charge in [0, 0.05) is 0 Å². The predicted molar refractivity (Wildman–Crippen MR) is 69.8 cm³/mol. The Hall–Kier alpha value is -1.51. The summed E-state index contributed by atoms with van der Waals surface area (Å²) >= 11 is 0. The Morgan fingerprint density at radius 3 is 3.00 bits per heavy atom. The third-order valence-electron chi connectivity index (χ3n) is 3.39. The molecule has 3 nitrogen and oxygen atoms in total. The van der Waals surface area contributed by atoms with Crippen LogP contribution in [0.1, 0.15) is 37.8 Å². The van der Waals surface area contributed by atoms with Crippen LogP contribution in [0.2, 0.25) is 0 Å². The first-order valence-corrected chi connectivity index (χ1v) is 6.47. The molecule has 0 aliphatic carbocycles. The molecule has 0 radical (unpaired) electrons. The van der Waals surface area contributed by atoms with Gasteiger partial charge in [0.2, 0.25) is 0 Å². The second-order valence-corrected chi connectivity index (χ2v) is 5.10. The molecule has 0 spiro atoms. The van der Waals surface area contributed by atoms with Crippen molar-refractivity contribution in [1.29, 1.82) is 0 Å². The highest BCUT2D eigenvalue weighted by molar-refractivity contribution is 5.70. The van der Waals surface area contributed by atoms with Gasteiger partial charge in [0.05, 0.1) is 13.0 Å². The molecule has 1 aliphatic heterocycles. The van der Waals surface area contributed by atoms with Gasteiger partial charge in [-0.25, -0.2) is 0 Å². The summed E-state index contributed by atoms with van der Waals surface area (Å²) in [5, 5.41) is 0. The summed E-state index contributed by atoms with van der Waals surface area (Å²) in [4.78, 5) is 11.6. The summed E-state index contributed by atoms with van der Waals surface area (Å²) in [6.45, 7) is 6.26. The van der Waals surface area contributed by atoms with Crippen molar-refractivity contribution in [3.8, 4) is 5.75 Å². The minimum absolute atomic E-state index is 0.183. The molecule has 18 heavy (non-hydrogen) atoms.